The van der Waals surface area contributed by atoms with E-state index in [4.69, 9.17) is 16.3 Å². The second-order valence-electron chi connectivity index (χ2n) is 5.45. The maximum atomic E-state index is 5.88. The Morgan fingerprint density at radius 2 is 1.90 bits per heavy atom. The fourth-order valence-corrected chi connectivity index (χ4v) is 2.22. The Bertz CT molecular complexity index is 450. The first kappa shape index (κ1) is 16.2. The average Bonchev–Trinajstić information content (AvgIpc) is 2.39. The van der Waals surface area contributed by atoms with Crippen molar-refractivity contribution in [2.45, 2.75) is 20.0 Å². The quantitative estimate of drug-likeness (QED) is 0.839. The van der Waals surface area contributed by atoms with Crippen LogP contribution in [0.4, 0.5) is 5.95 Å². The monoisotopic (exact) mass is 314 g/mol. The second kappa shape index (κ2) is 7.72. The third kappa shape index (κ3) is 5.61. The smallest absolute Gasteiger partial charge is 0.322 e. The molecule has 118 valence electrons. The zero-order valence-corrected chi connectivity index (χ0v) is 13.6. The van der Waals surface area contributed by atoms with E-state index in [2.05, 4.69) is 37.1 Å². The van der Waals surface area contributed by atoms with Crippen LogP contribution in [0.3, 0.4) is 0 Å². The zero-order valence-electron chi connectivity index (χ0n) is 12.8. The molecule has 21 heavy (non-hydrogen) atoms. The molecule has 1 aromatic heterocycles. The highest BCUT2D eigenvalue weighted by Gasteiger charge is 2.13. The number of piperazine rings is 1. The van der Waals surface area contributed by atoms with Crippen LogP contribution in [0.1, 0.15) is 13.8 Å². The first-order valence-electron chi connectivity index (χ1n) is 7.26. The minimum atomic E-state index is 0.00153. The number of rotatable bonds is 6. The Balaban J connectivity index is 1.81. The summed E-state index contributed by atoms with van der Waals surface area (Å²) < 4.78 is 5.44. The predicted molar refractivity (Wildman–Crippen MR) is 83.0 cm³/mol. The van der Waals surface area contributed by atoms with Gasteiger partial charge in [-0.3, -0.25) is 4.90 Å². The van der Waals surface area contributed by atoms with Gasteiger partial charge in [0.25, 0.3) is 0 Å². The Hall–Kier alpha value is -1.18. The molecule has 7 nitrogen and oxygen atoms in total. The minimum absolute atomic E-state index is 0.00153. The normalized spacial score (nSPS) is 17.2. The maximum absolute atomic E-state index is 5.88. The fourth-order valence-electron chi connectivity index (χ4n) is 2.07. The van der Waals surface area contributed by atoms with Crippen molar-refractivity contribution in [2.75, 3.05) is 51.6 Å². The van der Waals surface area contributed by atoms with Gasteiger partial charge in [-0.1, -0.05) is 0 Å². The molecule has 0 atom stereocenters. The molecule has 0 aliphatic carbocycles. The molecule has 1 fully saturated rings. The predicted octanol–water partition coefficient (Wildman–Crippen LogP) is 0.971. The lowest BCUT2D eigenvalue weighted by molar-refractivity contribution is 0.158. The summed E-state index contributed by atoms with van der Waals surface area (Å²) in [5.74, 6) is 0.458. The van der Waals surface area contributed by atoms with Gasteiger partial charge in [0.1, 0.15) is 0 Å². The number of halogens is 1. The van der Waals surface area contributed by atoms with Gasteiger partial charge in [-0.2, -0.15) is 15.0 Å². The average molecular weight is 315 g/mol. The lowest BCUT2D eigenvalue weighted by atomic mass is 10.3. The van der Waals surface area contributed by atoms with Crippen molar-refractivity contribution in [2.24, 2.45) is 0 Å². The van der Waals surface area contributed by atoms with E-state index >= 15 is 0 Å². The highest BCUT2D eigenvalue weighted by atomic mass is 35.5. The van der Waals surface area contributed by atoms with Gasteiger partial charge < -0.3 is 15.0 Å². The van der Waals surface area contributed by atoms with E-state index in [1.165, 1.54) is 0 Å². The standard InChI is InChI=1S/C13H23ClN6O/c1-10(2)21-13-17-11(14)16-12(18-13)15-4-5-20-8-6-19(3)7-9-20/h10H,4-9H2,1-3H3,(H,15,16,17,18). The van der Waals surface area contributed by atoms with E-state index in [9.17, 15) is 0 Å². The number of ether oxygens (including phenoxy) is 1. The SMILES string of the molecule is CC(C)Oc1nc(Cl)nc(NCCN2CCN(C)CC2)n1. The first-order chi connectivity index (χ1) is 10.0. The summed E-state index contributed by atoms with van der Waals surface area (Å²) in [6.07, 6.45) is 0.00153. The van der Waals surface area contributed by atoms with Gasteiger partial charge in [-0.15, -0.1) is 0 Å². The maximum Gasteiger partial charge on any atom is 0.322 e. The number of hydrogen-bond donors (Lipinski definition) is 1. The van der Waals surface area contributed by atoms with Crippen molar-refractivity contribution in [1.29, 1.82) is 0 Å². The van der Waals surface area contributed by atoms with Crippen molar-refractivity contribution in [3.05, 3.63) is 5.28 Å². The summed E-state index contributed by atoms with van der Waals surface area (Å²) in [5.41, 5.74) is 0. The molecule has 1 aromatic rings. The lowest BCUT2D eigenvalue weighted by Gasteiger charge is -2.32. The molecule has 1 aliphatic heterocycles. The van der Waals surface area contributed by atoms with E-state index in [1.54, 1.807) is 0 Å². The van der Waals surface area contributed by atoms with Crippen molar-refractivity contribution < 1.29 is 4.74 Å². The van der Waals surface area contributed by atoms with E-state index in [-0.39, 0.29) is 17.4 Å². The molecule has 0 saturated carbocycles. The number of anilines is 1. The Labute approximate surface area is 130 Å². The van der Waals surface area contributed by atoms with Crippen LogP contribution in [-0.4, -0.2) is 77.2 Å². The van der Waals surface area contributed by atoms with E-state index in [1.807, 2.05) is 13.8 Å². The summed E-state index contributed by atoms with van der Waals surface area (Å²) in [6.45, 7) is 9.97. The van der Waals surface area contributed by atoms with Gasteiger partial charge in [-0.25, -0.2) is 0 Å². The van der Waals surface area contributed by atoms with Crippen LogP contribution < -0.4 is 10.1 Å². The number of aromatic nitrogens is 3. The minimum Gasteiger partial charge on any atom is -0.461 e. The van der Waals surface area contributed by atoms with Crippen LogP contribution in [0, 0.1) is 0 Å². The summed E-state index contributed by atoms with van der Waals surface area (Å²) in [4.78, 5) is 17.0. The molecule has 1 saturated heterocycles. The van der Waals surface area contributed by atoms with Crippen LogP contribution in [0.2, 0.25) is 5.28 Å². The molecule has 1 aliphatic rings. The van der Waals surface area contributed by atoms with Gasteiger partial charge in [0.15, 0.2) is 0 Å². The number of likely N-dealkylation sites (N-methyl/N-ethyl adjacent to an activating group) is 1. The molecule has 2 heterocycles. The summed E-state index contributed by atoms with van der Waals surface area (Å²) in [7, 11) is 2.15. The molecule has 0 radical (unpaired) electrons. The van der Waals surface area contributed by atoms with Gasteiger partial charge in [0.2, 0.25) is 11.2 Å². The van der Waals surface area contributed by atoms with E-state index < -0.39 is 0 Å². The molecule has 1 N–H and O–H groups in total. The van der Waals surface area contributed by atoms with Crippen molar-refractivity contribution in [3.8, 4) is 6.01 Å². The number of nitrogens with zero attached hydrogens (tertiary/aromatic N) is 5. The Morgan fingerprint density at radius 3 is 2.57 bits per heavy atom. The molecule has 2 rings (SSSR count). The lowest BCUT2D eigenvalue weighted by Crippen LogP contribution is -2.45. The molecular formula is C13H23ClN6O. The summed E-state index contributed by atoms with van der Waals surface area (Å²) in [5, 5.41) is 3.32. The number of hydrogen-bond acceptors (Lipinski definition) is 7. The van der Waals surface area contributed by atoms with Gasteiger partial charge >= 0.3 is 6.01 Å². The third-order valence-corrected chi connectivity index (χ3v) is 3.40. The molecule has 0 aromatic carbocycles. The van der Waals surface area contributed by atoms with Crippen LogP contribution in [-0.2, 0) is 0 Å². The van der Waals surface area contributed by atoms with Gasteiger partial charge in [0.05, 0.1) is 6.10 Å². The largest absolute Gasteiger partial charge is 0.461 e. The molecule has 0 bridgehead atoms. The Kier molecular flexibility index (Phi) is 5.96. The van der Waals surface area contributed by atoms with Crippen LogP contribution in [0.25, 0.3) is 0 Å². The molecule has 8 heteroatoms. The van der Waals surface area contributed by atoms with Crippen LogP contribution >= 0.6 is 11.6 Å². The van der Waals surface area contributed by atoms with Gasteiger partial charge in [0, 0.05) is 39.3 Å². The van der Waals surface area contributed by atoms with Crippen LogP contribution in [0.15, 0.2) is 0 Å². The zero-order chi connectivity index (χ0) is 15.2. The third-order valence-electron chi connectivity index (χ3n) is 3.24. The highest BCUT2D eigenvalue weighted by Crippen LogP contribution is 2.12. The van der Waals surface area contributed by atoms with Crippen LogP contribution in [0.5, 0.6) is 6.01 Å². The number of nitrogens with one attached hydrogen (secondary N) is 1. The molecular weight excluding hydrogens is 292 g/mol. The molecule has 0 unspecified atom stereocenters. The Morgan fingerprint density at radius 1 is 1.19 bits per heavy atom. The van der Waals surface area contributed by atoms with Crippen molar-refractivity contribution in [3.63, 3.8) is 0 Å². The molecule has 0 amide bonds. The van der Waals surface area contributed by atoms with E-state index in [0.29, 0.717) is 5.95 Å². The second-order valence-corrected chi connectivity index (χ2v) is 5.79. The first-order valence-corrected chi connectivity index (χ1v) is 7.64. The topological polar surface area (TPSA) is 66.4 Å². The van der Waals surface area contributed by atoms with E-state index in [0.717, 1.165) is 39.3 Å². The van der Waals surface area contributed by atoms with Crippen molar-refractivity contribution >= 4 is 17.5 Å². The highest BCUT2D eigenvalue weighted by molar-refractivity contribution is 6.28. The van der Waals surface area contributed by atoms with Gasteiger partial charge in [-0.05, 0) is 32.5 Å². The van der Waals surface area contributed by atoms with Crippen molar-refractivity contribution in [1.82, 2.24) is 24.8 Å². The summed E-state index contributed by atoms with van der Waals surface area (Å²) in [6, 6.07) is 0.257. The fraction of sp³-hybridized carbons (Fsp3) is 0.769. The molecule has 0 spiro atoms. The summed E-state index contributed by atoms with van der Waals surface area (Å²) >= 11 is 5.88.